The number of anilines is 1. The van der Waals surface area contributed by atoms with Crippen LogP contribution in [0, 0.1) is 0 Å². The fourth-order valence-corrected chi connectivity index (χ4v) is 4.15. The van der Waals surface area contributed by atoms with E-state index in [1.807, 2.05) is 0 Å². The number of nitrogens with zero attached hydrogens (tertiary/aromatic N) is 1. The zero-order chi connectivity index (χ0) is 19.4. The number of sulfonamides is 1. The summed E-state index contributed by atoms with van der Waals surface area (Å²) in [5.41, 5.74) is 0.706. The van der Waals surface area contributed by atoms with Gasteiger partial charge in [-0.2, -0.15) is 0 Å². The highest BCUT2D eigenvalue weighted by atomic mass is 32.2. The fraction of sp³-hybridized carbons (Fsp3) is 0.263. The number of benzene rings is 2. The number of nitrogens with one attached hydrogen (secondary N) is 1. The lowest BCUT2D eigenvalue weighted by Crippen LogP contribution is -2.47. The number of carbonyl (C=O) groups excluding carboxylic acids is 1. The zero-order valence-corrected chi connectivity index (χ0v) is 15.4. The molecule has 142 valence electrons. The molecule has 2 N–H and O–H groups in total. The Bertz CT molecular complexity index is 926. The van der Waals surface area contributed by atoms with Gasteiger partial charge in [-0.15, -0.1) is 0 Å². The Balaban J connectivity index is 1.78. The number of carboxylic acids is 1. The Morgan fingerprint density at radius 3 is 2.30 bits per heavy atom. The summed E-state index contributed by atoms with van der Waals surface area (Å²) in [6, 6.07) is 13.2. The van der Waals surface area contributed by atoms with Crippen LogP contribution < -0.4 is 4.72 Å². The van der Waals surface area contributed by atoms with Crippen molar-refractivity contribution in [3.8, 4) is 0 Å². The van der Waals surface area contributed by atoms with Gasteiger partial charge in [-0.1, -0.05) is 18.2 Å². The second-order valence-electron chi connectivity index (χ2n) is 6.34. The van der Waals surface area contributed by atoms with E-state index in [-0.39, 0.29) is 10.5 Å². The molecule has 0 bridgehead atoms. The first-order chi connectivity index (χ1) is 12.9. The van der Waals surface area contributed by atoms with Crippen molar-refractivity contribution < 1.29 is 23.1 Å². The molecule has 1 amide bonds. The predicted octanol–water partition coefficient (Wildman–Crippen LogP) is 2.57. The Hall–Kier alpha value is -2.87. The highest BCUT2D eigenvalue weighted by Gasteiger charge is 2.32. The summed E-state index contributed by atoms with van der Waals surface area (Å²) >= 11 is 0. The van der Waals surface area contributed by atoms with Crippen LogP contribution in [0.3, 0.4) is 0 Å². The minimum Gasteiger partial charge on any atom is -0.480 e. The third-order valence-corrected chi connectivity index (χ3v) is 5.88. The molecular formula is C19H20N2O5S. The minimum absolute atomic E-state index is 0.0244. The van der Waals surface area contributed by atoms with E-state index in [9.17, 15) is 23.1 Å². The normalized spacial score (nSPS) is 17.3. The van der Waals surface area contributed by atoms with E-state index in [1.54, 1.807) is 30.3 Å². The molecule has 0 radical (unpaired) electrons. The maximum Gasteiger partial charge on any atom is 0.326 e. The first-order valence-electron chi connectivity index (χ1n) is 8.60. The van der Waals surface area contributed by atoms with Gasteiger partial charge in [-0.3, -0.25) is 9.52 Å². The zero-order valence-electron chi connectivity index (χ0n) is 14.5. The highest BCUT2D eigenvalue weighted by Crippen LogP contribution is 2.21. The molecule has 1 aliphatic heterocycles. The van der Waals surface area contributed by atoms with Crippen molar-refractivity contribution in [1.29, 1.82) is 0 Å². The maximum absolute atomic E-state index is 12.7. The summed E-state index contributed by atoms with van der Waals surface area (Å²) in [5, 5.41) is 9.31. The van der Waals surface area contributed by atoms with Gasteiger partial charge in [-0.25, -0.2) is 13.2 Å². The third-order valence-electron chi connectivity index (χ3n) is 4.49. The number of likely N-dealkylation sites (tertiary alicyclic amines) is 1. The quantitative estimate of drug-likeness (QED) is 0.819. The molecule has 7 nitrogen and oxygen atoms in total. The first kappa shape index (κ1) is 18.9. The number of para-hydroxylation sites is 1. The first-order valence-corrected chi connectivity index (χ1v) is 10.1. The fourth-order valence-electron chi connectivity index (χ4n) is 3.09. The second-order valence-corrected chi connectivity index (χ2v) is 8.03. The van der Waals surface area contributed by atoms with Gasteiger partial charge >= 0.3 is 5.97 Å². The van der Waals surface area contributed by atoms with E-state index in [0.717, 1.165) is 12.8 Å². The van der Waals surface area contributed by atoms with Crippen molar-refractivity contribution in [2.75, 3.05) is 11.3 Å². The van der Waals surface area contributed by atoms with Crippen LogP contribution in [0.4, 0.5) is 5.69 Å². The summed E-state index contributed by atoms with van der Waals surface area (Å²) in [6.07, 6.45) is 1.95. The lowest BCUT2D eigenvalue weighted by molar-refractivity contribution is -0.143. The summed E-state index contributed by atoms with van der Waals surface area (Å²) in [5.74, 6) is -1.42. The molecule has 0 aromatic heterocycles. The molecular weight excluding hydrogens is 368 g/mol. The van der Waals surface area contributed by atoms with E-state index in [4.69, 9.17) is 0 Å². The summed E-state index contributed by atoms with van der Waals surface area (Å²) in [6.45, 7) is 0.380. The molecule has 2 aromatic rings. The molecule has 1 saturated heterocycles. The largest absolute Gasteiger partial charge is 0.480 e. The number of amides is 1. The van der Waals surface area contributed by atoms with Gasteiger partial charge in [0, 0.05) is 17.8 Å². The molecule has 1 heterocycles. The van der Waals surface area contributed by atoms with Crippen LogP contribution in [0.1, 0.15) is 29.6 Å². The molecule has 3 rings (SSSR count). The summed E-state index contributed by atoms with van der Waals surface area (Å²) < 4.78 is 27.4. The Kier molecular flexibility index (Phi) is 5.46. The van der Waals surface area contributed by atoms with Gasteiger partial charge in [0.2, 0.25) is 0 Å². The van der Waals surface area contributed by atoms with Crippen molar-refractivity contribution in [1.82, 2.24) is 4.90 Å². The number of hydrogen-bond acceptors (Lipinski definition) is 4. The van der Waals surface area contributed by atoms with E-state index in [1.165, 1.54) is 29.2 Å². The monoisotopic (exact) mass is 388 g/mol. The average Bonchev–Trinajstić information content (AvgIpc) is 2.68. The Morgan fingerprint density at radius 1 is 1.00 bits per heavy atom. The molecule has 1 atom stereocenters. The van der Waals surface area contributed by atoms with E-state index < -0.39 is 27.9 Å². The highest BCUT2D eigenvalue weighted by molar-refractivity contribution is 7.92. The molecule has 0 spiro atoms. The molecule has 0 aliphatic carbocycles. The SMILES string of the molecule is O=C(O)[C@H]1CCCCN1C(=O)c1ccc(S(=O)(=O)Nc2ccccc2)cc1. The maximum atomic E-state index is 12.7. The van der Waals surface area contributed by atoms with Gasteiger partial charge in [0.15, 0.2) is 0 Å². The number of carbonyl (C=O) groups is 2. The van der Waals surface area contributed by atoms with Crippen LogP contribution in [0.2, 0.25) is 0 Å². The van der Waals surface area contributed by atoms with Crippen molar-refractivity contribution in [3.05, 3.63) is 60.2 Å². The van der Waals surface area contributed by atoms with Crippen molar-refractivity contribution >= 4 is 27.6 Å². The molecule has 1 aliphatic rings. The van der Waals surface area contributed by atoms with E-state index in [0.29, 0.717) is 18.7 Å². The lowest BCUT2D eigenvalue weighted by atomic mass is 10.0. The van der Waals surface area contributed by atoms with Gasteiger partial charge in [0.05, 0.1) is 4.90 Å². The van der Waals surface area contributed by atoms with Crippen LogP contribution in [-0.2, 0) is 14.8 Å². The molecule has 2 aromatic carbocycles. The Labute approximate surface area is 157 Å². The molecule has 1 fully saturated rings. The van der Waals surface area contributed by atoms with Crippen molar-refractivity contribution in [2.45, 2.75) is 30.2 Å². The number of hydrogen-bond donors (Lipinski definition) is 2. The van der Waals surface area contributed by atoms with Crippen LogP contribution in [-0.4, -0.2) is 42.9 Å². The van der Waals surface area contributed by atoms with Crippen LogP contribution in [0.25, 0.3) is 0 Å². The predicted molar refractivity (Wildman–Crippen MR) is 100 cm³/mol. The second kappa shape index (κ2) is 7.79. The van der Waals surface area contributed by atoms with E-state index >= 15 is 0 Å². The summed E-state index contributed by atoms with van der Waals surface area (Å²) in [7, 11) is -3.77. The van der Waals surface area contributed by atoms with Crippen molar-refractivity contribution in [3.63, 3.8) is 0 Å². The van der Waals surface area contributed by atoms with Gasteiger partial charge < -0.3 is 10.0 Å². The molecule has 0 saturated carbocycles. The van der Waals surface area contributed by atoms with Crippen LogP contribution in [0.15, 0.2) is 59.5 Å². The standard InChI is InChI=1S/C19H20N2O5S/c22-18(21-13-5-4-8-17(21)19(23)24)14-9-11-16(12-10-14)27(25,26)20-15-6-2-1-3-7-15/h1-3,6-7,9-12,17,20H,4-5,8,13H2,(H,23,24)/t17-/m1/s1. The third kappa shape index (κ3) is 4.28. The van der Waals surface area contributed by atoms with Crippen molar-refractivity contribution in [2.24, 2.45) is 0 Å². The van der Waals surface area contributed by atoms with Crippen LogP contribution in [0.5, 0.6) is 0 Å². The molecule has 8 heteroatoms. The number of aliphatic carboxylic acids is 1. The topological polar surface area (TPSA) is 104 Å². The molecule has 27 heavy (non-hydrogen) atoms. The number of piperidine rings is 1. The van der Waals surface area contributed by atoms with Gasteiger partial charge in [-0.05, 0) is 55.7 Å². The smallest absolute Gasteiger partial charge is 0.326 e. The average molecular weight is 388 g/mol. The molecule has 0 unspecified atom stereocenters. The van der Waals surface area contributed by atoms with Crippen LogP contribution >= 0.6 is 0 Å². The lowest BCUT2D eigenvalue weighted by Gasteiger charge is -2.33. The van der Waals surface area contributed by atoms with Gasteiger partial charge in [0.1, 0.15) is 6.04 Å². The van der Waals surface area contributed by atoms with E-state index in [2.05, 4.69) is 4.72 Å². The number of carboxylic acid groups (broad SMARTS) is 1. The Morgan fingerprint density at radius 2 is 1.67 bits per heavy atom. The minimum atomic E-state index is -3.77. The van der Waals surface area contributed by atoms with Gasteiger partial charge in [0.25, 0.3) is 15.9 Å². The summed E-state index contributed by atoms with van der Waals surface area (Å²) in [4.78, 5) is 25.4. The number of rotatable bonds is 5.